The van der Waals surface area contributed by atoms with E-state index in [0.29, 0.717) is 22.2 Å². The SMILES string of the molecule is Cc1c(N)cc(S(=O)(=O)NC(C)CCCC(C)C)cc1Cl. The van der Waals surface area contributed by atoms with Crippen LogP contribution in [-0.2, 0) is 10.0 Å². The summed E-state index contributed by atoms with van der Waals surface area (Å²) in [6.45, 7) is 7.95. The molecule has 1 aromatic rings. The van der Waals surface area contributed by atoms with Crippen LogP contribution in [0.4, 0.5) is 5.69 Å². The smallest absolute Gasteiger partial charge is 0.240 e. The van der Waals surface area contributed by atoms with E-state index in [1.807, 2.05) is 6.92 Å². The van der Waals surface area contributed by atoms with Crippen LogP contribution in [0.2, 0.25) is 5.02 Å². The van der Waals surface area contributed by atoms with Crippen molar-refractivity contribution < 1.29 is 8.42 Å². The summed E-state index contributed by atoms with van der Waals surface area (Å²) >= 11 is 6.01. The van der Waals surface area contributed by atoms with Crippen LogP contribution in [-0.4, -0.2) is 14.5 Å². The van der Waals surface area contributed by atoms with Gasteiger partial charge >= 0.3 is 0 Å². The summed E-state index contributed by atoms with van der Waals surface area (Å²) in [5, 5.41) is 0.364. The third-order valence-electron chi connectivity index (χ3n) is 3.44. The van der Waals surface area contributed by atoms with Crippen LogP contribution in [0.1, 0.15) is 45.6 Å². The molecule has 0 aliphatic carbocycles. The molecular formula is C15H25ClN2O2S. The number of hydrogen-bond acceptors (Lipinski definition) is 3. The Labute approximate surface area is 133 Å². The molecule has 6 heteroatoms. The Kier molecular flexibility index (Phi) is 6.50. The molecule has 0 aromatic heterocycles. The number of benzene rings is 1. The molecule has 1 atom stereocenters. The molecule has 1 unspecified atom stereocenters. The van der Waals surface area contributed by atoms with Crippen LogP contribution in [0.25, 0.3) is 0 Å². The lowest BCUT2D eigenvalue weighted by Crippen LogP contribution is -2.32. The van der Waals surface area contributed by atoms with Crippen LogP contribution in [0.5, 0.6) is 0 Å². The van der Waals surface area contributed by atoms with Gasteiger partial charge in [0, 0.05) is 16.8 Å². The first-order chi connectivity index (χ1) is 9.63. The predicted molar refractivity (Wildman–Crippen MR) is 89.1 cm³/mol. The summed E-state index contributed by atoms with van der Waals surface area (Å²) in [4.78, 5) is 0.117. The van der Waals surface area contributed by atoms with Gasteiger partial charge in [0.1, 0.15) is 0 Å². The third kappa shape index (κ3) is 5.49. The molecule has 0 saturated heterocycles. The second kappa shape index (κ2) is 7.47. The Hall–Kier alpha value is -0.780. The molecule has 1 aromatic carbocycles. The van der Waals surface area contributed by atoms with E-state index in [2.05, 4.69) is 18.6 Å². The Morgan fingerprint density at radius 3 is 2.38 bits per heavy atom. The summed E-state index contributed by atoms with van der Waals surface area (Å²) in [6, 6.07) is 2.77. The van der Waals surface area contributed by atoms with Gasteiger partial charge in [0.05, 0.1) is 4.90 Å². The lowest BCUT2D eigenvalue weighted by Gasteiger charge is -2.16. The minimum atomic E-state index is -3.59. The van der Waals surface area contributed by atoms with Crippen LogP contribution in [0, 0.1) is 12.8 Å². The zero-order chi connectivity index (χ0) is 16.2. The quantitative estimate of drug-likeness (QED) is 0.747. The number of halogens is 1. The summed E-state index contributed by atoms with van der Waals surface area (Å²) in [5.74, 6) is 0.629. The molecule has 0 aliphatic rings. The zero-order valence-electron chi connectivity index (χ0n) is 13.1. The van der Waals surface area contributed by atoms with E-state index in [1.165, 1.54) is 12.1 Å². The lowest BCUT2D eigenvalue weighted by molar-refractivity contribution is 0.488. The molecule has 120 valence electrons. The monoisotopic (exact) mass is 332 g/mol. The predicted octanol–water partition coefficient (Wildman–Crippen LogP) is 3.72. The van der Waals surface area contributed by atoms with Crippen molar-refractivity contribution in [2.45, 2.75) is 57.9 Å². The zero-order valence-corrected chi connectivity index (χ0v) is 14.7. The minimum Gasteiger partial charge on any atom is -0.398 e. The Balaban J connectivity index is 2.78. The number of sulfonamides is 1. The summed E-state index contributed by atoms with van der Waals surface area (Å²) in [5.41, 5.74) is 6.87. The molecule has 0 fully saturated rings. The van der Waals surface area contributed by atoms with E-state index in [1.54, 1.807) is 6.92 Å². The van der Waals surface area contributed by atoms with E-state index < -0.39 is 10.0 Å². The molecule has 3 N–H and O–H groups in total. The number of nitrogens with two attached hydrogens (primary N) is 1. The summed E-state index contributed by atoms with van der Waals surface area (Å²) in [7, 11) is -3.59. The van der Waals surface area contributed by atoms with Crippen LogP contribution >= 0.6 is 11.6 Å². The normalized spacial score (nSPS) is 13.6. The summed E-state index contributed by atoms with van der Waals surface area (Å²) < 4.78 is 27.3. The van der Waals surface area contributed by atoms with E-state index in [-0.39, 0.29) is 10.9 Å². The second-order valence-electron chi connectivity index (χ2n) is 5.97. The topological polar surface area (TPSA) is 72.2 Å². The molecule has 21 heavy (non-hydrogen) atoms. The van der Waals surface area contributed by atoms with Gasteiger partial charge in [0.15, 0.2) is 0 Å². The fraction of sp³-hybridized carbons (Fsp3) is 0.600. The molecule has 0 saturated carbocycles. The highest BCUT2D eigenvalue weighted by Crippen LogP contribution is 2.26. The van der Waals surface area contributed by atoms with Crippen molar-refractivity contribution in [1.82, 2.24) is 4.72 Å². The van der Waals surface area contributed by atoms with E-state index in [4.69, 9.17) is 17.3 Å². The van der Waals surface area contributed by atoms with Crippen molar-refractivity contribution in [3.05, 3.63) is 22.7 Å². The Morgan fingerprint density at radius 1 is 1.24 bits per heavy atom. The molecule has 0 spiro atoms. The second-order valence-corrected chi connectivity index (χ2v) is 8.09. The molecule has 1 rings (SSSR count). The van der Waals surface area contributed by atoms with Crippen molar-refractivity contribution >= 4 is 27.3 Å². The molecule has 0 radical (unpaired) electrons. The fourth-order valence-corrected chi connectivity index (χ4v) is 3.68. The van der Waals surface area contributed by atoms with Gasteiger partial charge in [0.2, 0.25) is 10.0 Å². The van der Waals surface area contributed by atoms with Crippen molar-refractivity contribution in [2.24, 2.45) is 5.92 Å². The molecule has 0 aliphatic heterocycles. The Morgan fingerprint density at radius 2 is 1.86 bits per heavy atom. The number of nitrogen functional groups attached to an aromatic ring is 1. The maximum absolute atomic E-state index is 12.3. The first kappa shape index (κ1) is 18.3. The van der Waals surface area contributed by atoms with Crippen LogP contribution in [0.3, 0.4) is 0 Å². The number of anilines is 1. The number of rotatable bonds is 7. The Bertz CT molecular complexity index is 562. The van der Waals surface area contributed by atoms with E-state index in [0.717, 1.165) is 19.3 Å². The summed E-state index contributed by atoms with van der Waals surface area (Å²) in [6.07, 6.45) is 2.90. The fourth-order valence-electron chi connectivity index (χ4n) is 2.05. The molecular weight excluding hydrogens is 308 g/mol. The maximum Gasteiger partial charge on any atom is 0.240 e. The van der Waals surface area contributed by atoms with Gasteiger partial charge in [-0.05, 0) is 43.9 Å². The molecule has 0 bridgehead atoms. The highest BCUT2D eigenvalue weighted by Gasteiger charge is 2.19. The van der Waals surface area contributed by atoms with Gasteiger partial charge in [0.25, 0.3) is 0 Å². The minimum absolute atomic E-state index is 0.116. The molecule has 4 nitrogen and oxygen atoms in total. The van der Waals surface area contributed by atoms with Gasteiger partial charge in [-0.3, -0.25) is 0 Å². The largest absolute Gasteiger partial charge is 0.398 e. The first-order valence-corrected chi connectivity index (χ1v) is 9.07. The average molecular weight is 333 g/mol. The van der Waals surface area contributed by atoms with Crippen molar-refractivity contribution in [3.63, 3.8) is 0 Å². The van der Waals surface area contributed by atoms with Crippen LogP contribution < -0.4 is 10.5 Å². The van der Waals surface area contributed by atoms with Crippen molar-refractivity contribution in [1.29, 1.82) is 0 Å². The van der Waals surface area contributed by atoms with Gasteiger partial charge in [-0.15, -0.1) is 0 Å². The van der Waals surface area contributed by atoms with E-state index in [9.17, 15) is 8.42 Å². The standard InChI is InChI=1S/C15H25ClN2O2S/c1-10(2)6-5-7-11(3)18-21(19,20)13-8-14(16)12(4)15(17)9-13/h8-11,18H,5-7,17H2,1-4H3. The third-order valence-corrected chi connectivity index (χ3v) is 5.40. The van der Waals surface area contributed by atoms with E-state index >= 15 is 0 Å². The van der Waals surface area contributed by atoms with Gasteiger partial charge in [-0.1, -0.05) is 38.3 Å². The first-order valence-electron chi connectivity index (χ1n) is 7.21. The van der Waals surface area contributed by atoms with Gasteiger partial charge in [-0.2, -0.15) is 0 Å². The average Bonchev–Trinajstić information content (AvgIpc) is 2.34. The van der Waals surface area contributed by atoms with Crippen LogP contribution in [0.15, 0.2) is 17.0 Å². The highest BCUT2D eigenvalue weighted by atomic mass is 35.5. The number of nitrogens with one attached hydrogen (secondary N) is 1. The lowest BCUT2D eigenvalue weighted by atomic mass is 10.0. The van der Waals surface area contributed by atoms with Gasteiger partial charge < -0.3 is 5.73 Å². The highest BCUT2D eigenvalue weighted by molar-refractivity contribution is 7.89. The molecule has 0 amide bonds. The van der Waals surface area contributed by atoms with Crippen molar-refractivity contribution in [2.75, 3.05) is 5.73 Å². The van der Waals surface area contributed by atoms with Crippen molar-refractivity contribution in [3.8, 4) is 0 Å². The number of hydrogen-bond donors (Lipinski definition) is 2. The molecule has 0 heterocycles. The van der Waals surface area contributed by atoms with Gasteiger partial charge in [-0.25, -0.2) is 13.1 Å². The maximum atomic E-state index is 12.3.